The SMILES string of the molecule is Cc1cc(=O)[nH]c(-c2ccc(NC(=O)CC3(O)CCCCC3)cc2)n1. The highest BCUT2D eigenvalue weighted by molar-refractivity contribution is 5.91. The highest BCUT2D eigenvalue weighted by Crippen LogP contribution is 2.31. The average molecular weight is 341 g/mol. The molecule has 0 spiro atoms. The number of aromatic nitrogens is 2. The first-order valence-electron chi connectivity index (χ1n) is 8.64. The van der Waals surface area contributed by atoms with Crippen LogP contribution in [-0.4, -0.2) is 26.6 Å². The van der Waals surface area contributed by atoms with Crippen LogP contribution < -0.4 is 10.9 Å². The molecule has 1 aliphatic rings. The number of aryl methyl sites for hydroxylation is 1. The van der Waals surface area contributed by atoms with Crippen LogP contribution in [-0.2, 0) is 4.79 Å². The van der Waals surface area contributed by atoms with Gasteiger partial charge in [0.15, 0.2) is 0 Å². The van der Waals surface area contributed by atoms with Gasteiger partial charge in [0, 0.05) is 23.0 Å². The van der Waals surface area contributed by atoms with Gasteiger partial charge in [-0.1, -0.05) is 19.3 Å². The van der Waals surface area contributed by atoms with Crippen LogP contribution in [0.25, 0.3) is 11.4 Å². The Labute approximate surface area is 146 Å². The van der Waals surface area contributed by atoms with E-state index in [9.17, 15) is 14.7 Å². The van der Waals surface area contributed by atoms with E-state index in [1.54, 1.807) is 31.2 Å². The fourth-order valence-corrected chi connectivity index (χ4v) is 3.32. The summed E-state index contributed by atoms with van der Waals surface area (Å²) in [6, 6.07) is 8.56. The summed E-state index contributed by atoms with van der Waals surface area (Å²) in [5.41, 5.74) is 1.01. The first-order chi connectivity index (χ1) is 11.9. The van der Waals surface area contributed by atoms with E-state index in [0.29, 0.717) is 30.0 Å². The third-order valence-corrected chi connectivity index (χ3v) is 4.59. The summed E-state index contributed by atoms with van der Waals surface area (Å²) >= 11 is 0. The van der Waals surface area contributed by atoms with Gasteiger partial charge in [-0.2, -0.15) is 0 Å². The van der Waals surface area contributed by atoms with Crippen molar-refractivity contribution < 1.29 is 9.90 Å². The van der Waals surface area contributed by atoms with Crippen LogP contribution in [0, 0.1) is 6.92 Å². The summed E-state index contributed by atoms with van der Waals surface area (Å²) in [5, 5.41) is 13.3. The number of nitrogens with one attached hydrogen (secondary N) is 2. The van der Waals surface area contributed by atoms with Crippen molar-refractivity contribution >= 4 is 11.6 Å². The summed E-state index contributed by atoms with van der Waals surface area (Å²) in [5.74, 6) is 0.318. The van der Waals surface area contributed by atoms with Gasteiger partial charge in [-0.25, -0.2) is 4.98 Å². The van der Waals surface area contributed by atoms with E-state index in [2.05, 4.69) is 15.3 Å². The molecular weight excluding hydrogens is 318 g/mol. The molecule has 1 aromatic heterocycles. The maximum absolute atomic E-state index is 12.2. The minimum Gasteiger partial charge on any atom is -0.389 e. The van der Waals surface area contributed by atoms with Crippen molar-refractivity contribution in [2.45, 2.75) is 51.0 Å². The maximum atomic E-state index is 12.2. The van der Waals surface area contributed by atoms with Gasteiger partial charge in [-0.15, -0.1) is 0 Å². The van der Waals surface area contributed by atoms with Gasteiger partial charge in [0.2, 0.25) is 5.91 Å². The van der Waals surface area contributed by atoms with Gasteiger partial charge < -0.3 is 15.4 Å². The van der Waals surface area contributed by atoms with E-state index < -0.39 is 5.60 Å². The molecular formula is C19H23N3O3. The van der Waals surface area contributed by atoms with Crippen molar-refractivity contribution in [1.82, 2.24) is 9.97 Å². The van der Waals surface area contributed by atoms with Gasteiger partial charge in [0.1, 0.15) is 5.82 Å². The van der Waals surface area contributed by atoms with E-state index >= 15 is 0 Å². The number of anilines is 1. The second-order valence-corrected chi connectivity index (χ2v) is 6.82. The Hall–Kier alpha value is -2.47. The molecule has 0 bridgehead atoms. The zero-order valence-corrected chi connectivity index (χ0v) is 14.3. The van der Waals surface area contributed by atoms with E-state index in [-0.39, 0.29) is 17.9 Å². The van der Waals surface area contributed by atoms with E-state index in [1.165, 1.54) is 6.07 Å². The minimum atomic E-state index is -0.868. The van der Waals surface area contributed by atoms with Crippen LogP contribution in [0.3, 0.4) is 0 Å². The lowest BCUT2D eigenvalue weighted by Crippen LogP contribution is -2.35. The summed E-state index contributed by atoms with van der Waals surface area (Å²) in [6.45, 7) is 1.77. The Morgan fingerprint density at radius 2 is 1.92 bits per heavy atom. The molecule has 25 heavy (non-hydrogen) atoms. The lowest BCUT2D eigenvalue weighted by atomic mass is 9.82. The van der Waals surface area contributed by atoms with Crippen molar-refractivity contribution in [2.75, 3.05) is 5.32 Å². The Morgan fingerprint density at radius 3 is 2.56 bits per heavy atom. The Balaban J connectivity index is 1.66. The molecule has 0 aliphatic heterocycles. The third-order valence-electron chi connectivity index (χ3n) is 4.59. The number of aliphatic hydroxyl groups is 1. The molecule has 0 atom stereocenters. The first-order valence-corrected chi connectivity index (χ1v) is 8.64. The van der Waals surface area contributed by atoms with Gasteiger partial charge in [0.25, 0.3) is 5.56 Å². The third kappa shape index (κ3) is 4.54. The van der Waals surface area contributed by atoms with Crippen molar-refractivity contribution in [3.63, 3.8) is 0 Å². The van der Waals surface area contributed by atoms with Crippen LogP contribution in [0.2, 0.25) is 0 Å². The van der Waals surface area contributed by atoms with Crippen molar-refractivity contribution in [3.05, 3.63) is 46.4 Å². The van der Waals surface area contributed by atoms with Crippen molar-refractivity contribution in [1.29, 1.82) is 0 Å². The van der Waals surface area contributed by atoms with E-state index in [1.807, 2.05) is 0 Å². The van der Waals surface area contributed by atoms with Crippen LogP contribution in [0.4, 0.5) is 5.69 Å². The largest absolute Gasteiger partial charge is 0.389 e. The molecule has 1 heterocycles. The van der Waals surface area contributed by atoms with Gasteiger partial charge in [-0.05, 0) is 44.0 Å². The standard InChI is InChI=1S/C19H23N3O3/c1-13-11-16(23)22-18(20-13)14-5-7-15(8-6-14)21-17(24)12-19(25)9-3-2-4-10-19/h5-8,11,25H,2-4,9-10,12H2,1H3,(H,21,24)(H,20,22,23). The van der Waals surface area contributed by atoms with Crippen LogP contribution in [0.15, 0.2) is 35.1 Å². The zero-order chi connectivity index (χ0) is 17.9. The molecule has 1 saturated carbocycles. The summed E-state index contributed by atoms with van der Waals surface area (Å²) in [7, 11) is 0. The molecule has 0 radical (unpaired) electrons. The van der Waals surface area contributed by atoms with Gasteiger partial charge >= 0.3 is 0 Å². The molecule has 6 nitrogen and oxygen atoms in total. The number of benzene rings is 1. The molecule has 1 fully saturated rings. The summed E-state index contributed by atoms with van der Waals surface area (Å²) in [4.78, 5) is 30.7. The van der Waals surface area contributed by atoms with Crippen molar-refractivity contribution in [3.8, 4) is 11.4 Å². The lowest BCUT2D eigenvalue weighted by molar-refractivity contribution is -0.122. The predicted molar refractivity (Wildman–Crippen MR) is 96.3 cm³/mol. The Kier molecular flexibility index (Phi) is 4.99. The molecule has 0 saturated heterocycles. The highest BCUT2D eigenvalue weighted by atomic mass is 16.3. The molecule has 2 aromatic rings. The number of H-pyrrole nitrogens is 1. The first kappa shape index (κ1) is 17.4. The molecule has 6 heteroatoms. The summed E-state index contributed by atoms with van der Waals surface area (Å²) < 4.78 is 0. The predicted octanol–water partition coefficient (Wildman–Crippen LogP) is 2.77. The van der Waals surface area contributed by atoms with E-state index in [0.717, 1.165) is 24.8 Å². The molecule has 1 aliphatic carbocycles. The molecule has 0 unspecified atom stereocenters. The second kappa shape index (κ2) is 7.19. The number of carbonyl (C=O) groups is 1. The van der Waals surface area contributed by atoms with Crippen LogP contribution in [0.1, 0.15) is 44.2 Å². The zero-order valence-electron chi connectivity index (χ0n) is 14.3. The van der Waals surface area contributed by atoms with Crippen LogP contribution >= 0.6 is 0 Å². The quantitative estimate of drug-likeness (QED) is 0.797. The number of hydrogen-bond acceptors (Lipinski definition) is 4. The number of aromatic amines is 1. The monoisotopic (exact) mass is 341 g/mol. The number of hydrogen-bond donors (Lipinski definition) is 3. The number of carbonyl (C=O) groups excluding carboxylic acids is 1. The van der Waals surface area contributed by atoms with Gasteiger partial charge in [0.05, 0.1) is 12.0 Å². The Bertz CT molecular complexity index is 805. The number of rotatable bonds is 4. The van der Waals surface area contributed by atoms with Crippen molar-refractivity contribution in [2.24, 2.45) is 0 Å². The fourth-order valence-electron chi connectivity index (χ4n) is 3.32. The second-order valence-electron chi connectivity index (χ2n) is 6.82. The number of amides is 1. The fraction of sp³-hybridized carbons (Fsp3) is 0.421. The number of nitrogens with zero attached hydrogens (tertiary/aromatic N) is 1. The van der Waals surface area contributed by atoms with Gasteiger partial charge in [-0.3, -0.25) is 9.59 Å². The molecule has 3 N–H and O–H groups in total. The van der Waals surface area contributed by atoms with E-state index in [4.69, 9.17) is 0 Å². The Morgan fingerprint density at radius 1 is 1.24 bits per heavy atom. The molecule has 3 rings (SSSR count). The maximum Gasteiger partial charge on any atom is 0.251 e. The molecule has 1 aromatic carbocycles. The lowest BCUT2D eigenvalue weighted by Gasteiger charge is -2.31. The highest BCUT2D eigenvalue weighted by Gasteiger charge is 2.31. The normalized spacial score (nSPS) is 16.4. The summed E-state index contributed by atoms with van der Waals surface area (Å²) in [6.07, 6.45) is 4.57. The topological polar surface area (TPSA) is 95.1 Å². The average Bonchev–Trinajstić information content (AvgIpc) is 2.54. The molecule has 1 amide bonds. The van der Waals surface area contributed by atoms with Crippen LogP contribution in [0.5, 0.6) is 0 Å². The minimum absolute atomic E-state index is 0.126. The molecule has 132 valence electrons. The smallest absolute Gasteiger partial charge is 0.251 e.